The fraction of sp³-hybridized carbons (Fsp3) is 0.571. The number of aliphatic hydroxyl groups is 1. The standard InChI is InChI=1S/C14H23NO3S/c1-11(15)12-3-5-14(6-4-12)19-10-13(16)9-18-8-7-17-2/h3-6,11,13,16H,7-10,15H2,1-2H3. The van der Waals surface area contributed by atoms with Crippen molar-refractivity contribution in [2.45, 2.75) is 24.0 Å². The molecule has 2 unspecified atom stereocenters. The summed E-state index contributed by atoms with van der Waals surface area (Å²) in [6, 6.07) is 8.16. The fourth-order valence-electron chi connectivity index (χ4n) is 1.47. The number of nitrogens with two attached hydrogens (primary N) is 1. The topological polar surface area (TPSA) is 64.7 Å². The van der Waals surface area contributed by atoms with E-state index in [2.05, 4.69) is 0 Å². The van der Waals surface area contributed by atoms with E-state index in [4.69, 9.17) is 15.2 Å². The Balaban J connectivity index is 2.24. The third-order valence-corrected chi connectivity index (χ3v) is 3.75. The second kappa shape index (κ2) is 9.34. The Kier molecular flexibility index (Phi) is 8.09. The van der Waals surface area contributed by atoms with Gasteiger partial charge in [-0.1, -0.05) is 12.1 Å². The molecule has 0 fully saturated rings. The first-order valence-corrected chi connectivity index (χ1v) is 7.35. The van der Waals surface area contributed by atoms with Gasteiger partial charge in [0, 0.05) is 23.8 Å². The molecular weight excluding hydrogens is 262 g/mol. The van der Waals surface area contributed by atoms with Crippen molar-refractivity contribution >= 4 is 11.8 Å². The number of methoxy groups -OCH3 is 1. The van der Waals surface area contributed by atoms with Gasteiger partial charge in [0.15, 0.2) is 0 Å². The van der Waals surface area contributed by atoms with Gasteiger partial charge < -0.3 is 20.3 Å². The average Bonchev–Trinajstić information content (AvgIpc) is 2.42. The highest BCUT2D eigenvalue weighted by atomic mass is 32.2. The van der Waals surface area contributed by atoms with Crippen molar-refractivity contribution in [3.8, 4) is 0 Å². The molecule has 108 valence electrons. The lowest BCUT2D eigenvalue weighted by Crippen LogP contribution is -2.19. The Morgan fingerprint density at radius 1 is 1.26 bits per heavy atom. The van der Waals surface area contributed by atoms with Crippen molar-refractivity contribution in [1.29, 1.82) is 0 Å². The Hall–Kier alpha value is -0.590. The van der Waals surface area contributed by atoms with Crippen LogP contribution in [-0.4, -0.2) is 43.9 Å². The molecular formula is C14H23NO3S. The van der Waals surface area contributed by atoms with Crippen LogP contribution in [0.25, 0.3) is 0 Å². The van der Waals surface area contributed by atoms with Crippen LogP contribution in [0.2, 0.25) is 0 Å². The van der Waals surface area contributed by atoms with Gasteiger partial charge in [-0.15, -0.1) is 11.8 Å². The van der Waals surface area contributed by atoms with Gasteiger partial charge in [0.1, 0.15) is 0 Å². The molecule has 1 rings (SSSR count). The molecule has 0 radical (unpaired) electrons. The molecule has 0 spiro atoms. The lowest BCUT2D eigenvalue weighted by molar-refractivity contribution is 0.0218. The molecule has 1 aromatic carbocycles. The Bertz CT molecular complexity index is 343. The van der Waals surface area contributed by atoms with E-state index in [1.165, 1.54) is 0 Å². The van der Waals surface area contributed by atoms with Gasteiger partial charge in [0.05, 0.1) is 25.9 Å². The number of hydrogen-bond donors (Lipinski definition) is 2. The van der Waals surface area contributed by atoms with E-state index in [-0.39, 0.29) is 6.04 Å². The summed E-state index contributed by atoms with van der Waals surface area (Å²) < 4.78 is 10.1. The van der Waals surface area contributed by atoms with Gasteiger partial charge >= 0.3 is 0 Å². The van der Waals surface area contributed by atoms with E-state index >= 15 is 0 Å². The fourth-order valence-corrected chi connectivity index (χ4v) is 2.28. The first kappa shape index (κ1) is 16.5. The predicted molar refractivity (Wildman–Crippen MR) is 78.5 cm³/mol. The lowest BCUT2D eigenvalue weighted by Gasteiger charge is -2.11. The zero-order valence-corrected chi connectivity index (χ0v) is 12.4. The molecule has 0 aliphatic carbocycles. The molecule has 2 atom stereocenters. The number of ether oxygens (including phenoxy) is 2. The number of hydrogen-bond acceptors (Lipinski definition) is 5. The van der Waals surface area contributed by atoms with Gasteiger partial charge in [-0.3, -0.25) is 0 Å². The summed E-state index contributed by atoms with van der Waals surface area (Å²) in [5.41, 5.74) is 6.91. The van der Waals surface area contributed by atoms with Crippen molar-refractivity contribution < 1.29 is 14.6 Å². The monoisotopic (exact) mass is 285 g/mol. The van der Waals surface area contributed by atoms with Crippen LogP contribution < -0.4 is 5.73 Å². The maximum atomic E-state index is 9.75. The molecule has 4 nitrogen and oxygen atoms in total. The third kappa shape index (κ3) is 6.94. The molecule has 1 aromatic rings. The quantitative estimate of drug-likeness (QED) is 0.535. The molecule has 5 heteroatoms. The highest BCUT2D eigenvalue weighted by molar-refractivity contribution is 7.99. The molecule has 19 heavy (non-hydrogen) atoms. The van der Waals surface area contributed by atoms with Gasteiger partial charge in [-0.2, -0.15) is 0 Å². The minimum Gasteiger partial charge on any atom is -0.390 e. The minimum absolute atomic E-state index is 0.0545. The highest BCUT2D eigenvalue weighted by Crippen LogP contribution is 2.21. The van der Waals surface area contributed by atoms with Crippen LogP contribution in [0.3, 0.4) is 0 Å². The van der Waals surface area contributed by atoms with Gasteiger partial charge in [0.25, 0.3) is 0 Å². The third-order valence-electron chi connectivity index (χ3n) is 2.59. The van der Waals surface area contributed by atoms with Crippen LogP contribution in [-0.2, 0) is 9.47 Å². The van der Waals surface area contributed by atoms with Crippen molar-refractivity contribution in [3.63, 3.8) is 0 Å². The van der Waals surface area contributed by atoms with Crippen molar-refractivity contribution in [2.24, 2.45) is 5.73 Å². The van der Waals surface area contributed by atoms with Crippen molar-refractivity contribution in [2.75, 3.05) is 32.7 Å². The summed E-state index contributed by atoms with van der Waals surface area (Å²) in [6.07, 6.45) is -0.463. The molecule has 0 aromatic heterocycles. The SMILES string of the molecule is COCCOCC(O)CSc1ccc(C(C)N)cc1. The summed E-state index contributed by atoms with van der Waals surface area (Å²) >= 11 is 1.61. The van der Waals surface area contributed by atoms with Gasteiger partial charge in [-0.05, 0) is 24.6 Å². The molecule has 0 saturated carbocycles. The van der Waals surface area contributed by atoms with Gasteiger partial charge in [-0.25, -0.2) is 0 Å². The number of benzene rings is 1. The highest BCUT2D eigenvalue weighted by Gasteiger charge is 2.06. The lowest BCUT2D eigenvalue weighted by atomic mass is 10.1. The van der Waals surface area contributed by atoms with E-state index in [0.29, 0.717) is 25.6 Å². The number of thioether (sulfide) groups is 1. The molecule has 0 saturated heterocycles. The van der Waals surface area contributed by atoms with Crippen LogP contribution in [0.1, 0.15) is 18.5 Å². The maximum absolute atomic E-state index is 9.75. The predicted octanol–water partition coefficient (Wildman–Crippen LogP) is 1.82. The summed E-state index contributed by atoms with van der Waals surface area (Å²) in [4.78, 5) is 1.13. The first-order valence-electron chi connectivity index (χ1n) is 6.36. The van der Waals surface area contributed by atoms with E-state index in [0.717, 1.165) is 10.5 Å². The van der Waals surface area contributed by atoms with E-state index in [1.54, 1.807) is 18.9 Å². The molecule has 0 aliphatic rings. The Morgan fingerprint density at radius 3 is 2.53 bits per heavy atom. The first-order chi connectivity index (χ1) is 9.13. The average molecular weight is 285 g/mol. The normalized spacial score (nSPS) is 14.3. The smallest absolute Gasteiger partial charge is 0.0867 e. The van der Waals surface area contributed by atoms with Crippen LogP contribution in [0.15, 0.2) is 29.2 Å². The molecule has 0 heterocycles. The zero-order valence-electron chi connectivity index (χ0n) is 11.5. The second-order valence-electron chi connectivity index (χ2n) is 4.39. The zero-order chi connectivity index (χ0) is 14.1. The molecule has 0 amide bonds. The Labute approximate surface area is 119 Å². The van der Waals surface area contributed by atoms with Crippen LogP contribution in [0.5, 0.6) is 0 Å². The molecule has 0 bridgehead atoms. The summed E-state index contributed by atoms with van der Waals surface area (Å²) in [6.45, 7) is 3.37. The van der Waals surface area contributed by atoms with Crippen LogP contribution >= 0.6 is 11.8 Å². The van der Waals surface area contributed by atoms with E-state index in [1.807, 2.05) is 31.2 Å². The number of rotatable bonds is 9. The number of aliphatic hydroxyl groups excluding tert-OH is 1. The Morgan fingerprint density at radius 2 is 1.95 bits per heavy atom. The minimum atomic E-state index is -0.463. The van der Waals surface area contributed by atoms with Crippen molar-refractivity contribution in [3.05, 3.63) is 29.8 Å². The van der Waals surface area contributed by atoms with Crippen LogP contribution in [0, 0.1) is 0 Å². The van der Waals surface area contributed by atoms with E-state index in [9.17, 15) is 5.11 Å². The van der Waals surface area contributed by atoms with Crippen molar-refractivity contribution in [1.82, 2.24) is 0 Å². The summed E-state index contributed by atoms with van der Waals surface area (Å²) in [5, 5.41) is 9.75. The van der Waals surface area contributed by atoms with Crippen LogP contribution in [0.4, 0.5) is 0 Å². The summed E-state index contributed by atoms with van der Waals surface area (Å²) in [5.74, 6) is 0.616. The second-order valence-corrected chi connectivity index (χ2v) is 5.48. The summed E-state index contributed by atoms with van der Waals surface area (Å²) in [7, 11) is 1.63. The largest absolute Gasteiger partial charge is 0.390 e. The maximum Gasteiger partial charge on any atom is 0.0867 e. The van der Waals surface area contributed by atoms with E-state index < -0.39 is 6.10 Å². The molecule has 0 aliphatic heterocycles. The molecule has 3 N–H and O–H groups in total. The van der Waals surface area contributed by atoms with Gasteiger partial charge in [0.2, 0.25) is 0 Å².